The minimum atomic E-state index is -1.19. The van der Waals surface area contributed by atoms with Crippen molar-refractivity contribution >= 4 is 49.2 Å². The summed E-state index contributed by atoms with van der Waals surface area (Å²) in [5.41, 5.74) is 0.781. The predicted molar refractivity (Wildman–Crippen MR) is 93.3 cm³/mol. The van der Waals surface area contributed by atoms with Crippen LogP contribution in [0.5, 0.6) is 11.5 Å². The molecular formula is C15H11Br2N2O5-. The van der Waals surface area contributed by atoms with Crippen molar-refractivity contribution in [2.45, 2.75) is 6.42 Å². The summed E-state index contributed by atoms with van der Waals surface area (Å²) in [6, 6.07) is 7.62. The first-order chi connectivity index (χ1) is 11.3. The summed E-state index contributed by atoms with van der Waals surface area (Å²) in [5, 5.41) is 24.5. The van der Waals surface area contributed by atoms with Gasteiger partial charge in [-0.3, -0.25) is 10.1 Å². The number of nitro benzene ring substituents is 1. The van der Waals surface area contributed by atoms with E-state index in [2.05, 4.69) is 37.2 Å². The number of ether oxygens (including phenoxy) is 1. The molecule has 0 aliphatic carbocycles. The third-order valence-corrected chi connectivity index (χ3v) is 4.24. The number of hydrogen-bond acceptors (Lipinski definition) is 6. The number of halogens is 2. The van der Waals surface area contributed by atoms with Crippen molar-refractivity contribution in [1.82, 2.24) is 0 Å². The van der Waals surface area contributed by atoms with Gasteiger partial charge in [-0.25, -0.2) is 0 Å². The van der Waals surface area contributed by atoms with Gasteiger partial charge in [-0.1, -0.05) is 0 Å². The Hall–Kier alpha value is -2.13. The number of carboxylic acid groups (broad SMARTS) is 1. The molecule has 2 aromatic rings. The molecule has 0 saturated carbocycles. The highest BCUT2D eigenvalue weighted by atomic mass is 79.9. The number of carboxylic acids is 1. The maximum Gasteiger partial charge on any atom is 0.296 e. The number of aliphatic carboxylic acids is 1. The van der Waals surface area contributed by atoms with Crippen LogP contribution in [0, 0.1) is 10.1 Å². The van der Waals surface area contributed by atoms with Crippen LogP contribution in [0.1, 0.15) is 5.56 Å². The van der Waals surface area contributed by atoms with Gasteiger partial charge in [-0.15, -0.1) is 0 Å². The Balaban J connectivity index is 2.36. The highest BCUT2D eigenvalue weighted by molar-refractivity contribution is 9.11. The van der Waals surface area contributed by atoms with Crippen molar-refractivity contribution in [3.8, 4) is 11.5 Å². The summed E-state index contributed by atoms with van der Waals surface area (Å²) in [5.74, 6) is -0.542. The second-order valence-electron chi connectivity index (χ2n) is 4.73. The Bertz CT molecular complexity index is 787. The van der Waals surface area contributed by atoms with E-state index in [0.29, 0.717) is 25.9 Å². The zero-order valence-electron chi connectivity index (χ0n) is 12.3. The van der Waals surface area contributed by atoms with Gasteiger partial charge in [0.05, 0.1) is 19.9 Å². The Morgan fingerprint density at radius 3 is 2.38 bits per heavy atom. The van der Waals surface area contributed by atoms with Gasteiger partial charge in [0.1, 0.15) is 11.4 Å². The highest BCUT2D eigenvalue weighted by Crippen LogP contribution is 2.39. The highest BCUT2D eigenvalue weighted by Gasteiger charge is 2.16. The van der Waals surface area contributed by atoms with Gasteiger partial charge < -0.3 is 20.0 Å². The molecule has 0 aromatic heterocycles. The monoisotopic (exact) mass is 457 g/mol. The molecule has 0 unspecified atom stereocenters. The minimum Gasteiger partial charge on any atom is -0.550 e. The topological polar surface area (TPSA) is 105 Å². The lowest BCUT2D eigenvalue weighted by molar-refractivity contribution is -0.384. The van der Waals surface area contributed by atoms with Crippen molar-refractivity contribution in [3.05, 3.63) is 55.0 Å². The van der Waals surface area contributed by atoms with Crippen LogP contribution in [-0.2, 0) is 11.2 Å². The fraction of sp³-hybridized carbons (Fsp3) is 0.133. The molecule has 1 N–H and O–H groups in total. The average Bonchev–Trinajstić information content (AvgIpc) is 2.50. The van der Waals surface area contributed by atoms with Crippen LogP contribution in [0.4, 0.5) is 11.4 Å². The van der Waals surface area contributed by atoms with Crippen LogP contribution in [0.15, 0.2) is 39.3 Å². The number of carbonyl (C=O) groups excluding carboxylic acids is 1. The number of benzene rings is 2. The van der Waals surface area contributed by atoms with Gasteiger partial charge in [0.25, 0.3) is 5.69 Å². The molecule has 0 spiro atoms. The summed E-state index contributed by atoms with van der Waals surface area (Å²) < 4.78 is 6.72. The lowest BCUT2D eigenvalue weighted by atomic mass is 10.1. The average molecular weight is 459 g/mol. The summed E-state index contributed by atoms with van der Waals surface area (Å²) in [6.07, 6.45) is -0.236. The molecular weight excluding hydrogens is 448 g/mol. The van der Waals surface area contributed by atoms with E-state index < -0.39 is 10.9 Å². The van der Waals surface area contributed by atoms with E-state index in [1.54, 1.807) is 31.3 Å². The number of hydrogen-bond donors (Lipinski definition) is 1. The zero-order valence-corrected chi connectivity index (χ0v) is 15.5. The molecule has 0 atom stereocenters. The third kappa shape index (κ3) is 4.24. The molecule has 0 aliphatic rings. The molecule has 7 nitrogen and oxygen atoms in total. The van der Waals surface area contributed by atoms with E-state index in [1.165, 1.54) is 6.07 Å². The normalized spacial score (nSPS) is 10.3. The lowest BCUT2D eigenvalue weighted by Gasteiger charge is -2.13. The third-order valence-electron chi connectivity index (χ3n) is 3.06. The molecule has 24 heavy (non-hydrogen) atoms. The molecule has 0 heterocycles. The second kappa shape index (κ2) is 7.63. The summed E-state index contributed by atoms with van der Waals surface area (Å²) in [7, 11) is 1.59. The molecule has 0 aliphatic heterocycles. The Kier molecular flexibility index (Phi) is 5.79. The first-order valence-corrected chi connectivity index (χ1v) is 8.22. The number of nitro groups is 1. The van der Waals surface area contributed by atoms with E-state index in [9.17, 15) is 20.0 Å². The van der Waals surface area contributed by atoms with Crippen molar-refractivity contribution in [2.24, 2.45) is 0 Å². The second-order valence-corrected chi connectivity index (χ2v) is 6.43. The summed E-state index contributed by atoms with van der Waals surface area (Å²) >= 11 is 6.61. The molecule has 0 amide bonds. The standard InChI is InChI=1S/C15H12Br2N2O5/c1-18-12-3-2-9(7-13(12)19(22)23)24-15-10(16)4-8(5-11(15)17)6-14(20)21/h2-5,7,18H,6H2,1H3,(H,20,21)/p-1. The quantitative estimate of drug-likeness (QED) is 0.526. The molecule has 2 aromatic carbocycles. The van der Waals surface area contributed by atoms with Crippen molar-refractivity contribution in [2.75, 3.05) is 12.4 Å². The van der Waals surface area contributed by atoms with E-state index in [-0.39, 0.29) is 17.9 Å². The van der Waals surface area contributed by atoms with Crippen LogP contribution in [0.2, 0.25) is 0 Å². The zero-order chi connectivity index (χ0) is 17.9. The number of nitrogens with zero attached hydrogens (tertiary/aromatic N) is 1. The van der Waals surface area contributed by atoms with Gasteiger partial charge in [-0.2, -0.15) is 0 Å². The first-order valence-electron chi connectivity index (χ1n) is 6.63. The van der Waals surface area contributed by atoms with Gasteiger partial charge in [0, 0.05) is 19.4 Å². The lowest BCUT2D eigenvalue weighted by Crippen LogP contribution is -2.24. The summed E-state index contributed by atoms with van der Waals surface area (Å²) in [6.45, 7) is 0. The Labute approximate surface area is 154 Å². The fourth-order valence-electron chi connectivity index (χ4n) is 2.03. The van der Waals surface area contributed by atoms with Gasteiger partial charge in [-0.05, 0) is 61.7 Å². The molecule has 2 rings (SSSR count). The smallest absolute Gasteiger partial charge is 0.296 e. The Morgan fingerprint density at radius 1 is 1.25 bits per heavy atom. The van der Waals surface area contributed by atoms with E-state index in [0.717, 1.165) is 0 Å². The largest absolute Gasteiger partial charge is 0.550 e. The predicted octanol–water partition coefficient (Wildman–Crippen LogP) is 3.25. The van der Waals surface area contributed by atoms with Crippen LogP contribution < -0.4 is 15.2 Å². The van der Waals surface area contributed by atoms with Crippen molar-refractivity contribution < 1.29 is 19.6 Å². The van der Waals surface area contributed by atoms with Gasteiger partial charge in [0.2, 0.25) is 0 Å². The molecule has 0 radical (unpaired) electrons. The summed E-state index contributed by atoms with van der Waals surface area (Å²) in [4.78, 5) is 21.3. The number of nitrogens with one attached hydrogen (secondary N) is 1. The van der Waals surface area contributed by atoms with Gasteiger partial charge in [0.15, 0.2) is 5.75 Å². The van der Waals surface area contributed by atoms with Gasteiger partial charge >= 0.3 is 0 Å². The number of rotatable bonds is 6. The molecule has 0 saturated heterocycles. The van der Waals surface area contributed by atoms with Crippen LogP contribution in [0.25, 0.3) is 0 Å². The minimum absolute atomic E-state index is 0.115. The molecule has 0 bridgehead atoms. The van der Waals surface area contributed by atoms with E-state index in [4.69, 9.17) is 4.74 Å². The molecule has 126 valence electrons. The van der Waals surface area contributed by atoms with E-state index >= 15 is 0 Å². The Morgan fingerprint density at radius 2 is 1.88 bits per heavy atom. The van der Waals surface area contributed by atoms with Crippen molar-refractivity contribution in [1.29, 1.82) is 0 Å². The number of carbonyl (C=O) groups is 1. The fourth-order valence-corrected chi connectivity index (χ4v) is 3.48. The SMILES string of the molecule is CNc1ccc(Oc2c(Br)cc(CC(=O)[O-])cc2Br)cc1[N+](=O)[O-]. The van der Waals surface area contributed by atoms with E-state index in [1.807, 2.05) is 0 Å². The molecule has 0 fully saturated rings. The van der Waals surface area contributed by atoms with Crippen LogP contribution >= 0.6 is 31.9 Å². The van der Waals surface area contributed by atoms with Crippen molar-refractivity contribution in [3.63, 3.8) is 0 Å². The maximum atomic E-state index is 11.1. The first kappa shape index (κ1) is 18.2. The molecule has 9 heteroatoms. The number of anilines is 1. The van der Waals surface area contributed by atoms with Crippen LogP contribution in [0.3, 0.4) is 0 Å². The maximum absolute atomic E-state index is 11.1. The van der Waals surface area contributed by atoms with Crippen LogP contribution in [-0.4, -0.2) is 17.9 Å².